The molecular weight excluding hydrogens is 581 g/mol. The van der Waals surface area contributed by atoms with Crippen molar-refractivity contribution in [1.82, 2.24) is 24.6 Å². The molecule has 0 spiro atoms. The monoisotopic (exact) mass is 609 g/mol. The number of rotatable bonds is 7. The average molecular weight is 611 g/mol. The summed E-state index contributed by atoms with van der Waals surface area (Å²) in [6.07, 6.45) is 0. The molecule has 5 rings (SSSR count). The molecule has 3 aromatic carbocycles. The van der Waals surface area contributed by atoms with Crippen molar-refractivity contribution in [3.63, 3.8) is 0 Å². The first kappa shape index (κ1) is 29.0. The van der Waals surface area contributed by atoms with Gasteiger partial charge in [0.1, 0.15) is 5.75 Å². The summed E-state index contributed by atoms with van der Waals surface area (Å²) in [4.78, 5) is 30.0. The van der Waals surface area contributed by atoms with Gasteiger partial charge in [-0.05, 0) is 56.3 Å². The normalized spacial score (nSPS) is 15.2. The van der Waals surface area contributed by atoms with Crippen molar-refractivity contribution in [1.29, 1.82) is 0 Å². The Morgan fingerprint density at radius 3 is 2.37 bits per heavy atom. The number of amides is 2. The lowest BCUT2D eigenvalue weighted by Crippen LogP contribution is -2.55. The van der Waals surface area contributed by atoms with E-state index in [0.717, 1.165) is 22.6 Å². The van der Waals surface area contributed by atoms with Crippen molar-refractivity contribution in [2.75, 3.05) is 32.5 Å². The van der Waals surface area contributed by atoms with Crippen LogP contribution in [0.15, 0.2) is 71.9 Å². The van der Waals surface area contributed by atoms with Crippen LogP contribution in [0.1, 0.15) is 22.8 Å². The molecule has 212 valence electrons. The maximum Gasteiger partial charge on any atom is 0.254 e. The molecule has 2 amide bonds. The van der Waals surface area contributed by atoms with Gasteiger partial charge in [0.25, 0.3) is 5.91 Å². The number of methoxy groups -OCH3 is 1. The number of hydrogen-bond donors (Lipinski definition) is 0. The molecule has 1 unspecified atom stereocenters. The van der Waals surface area contributed by atoms with Crippen LogP contribution in [0.25, 0.3) is 17.1 Å². The highest BCUT2D eigenvalue weighted by atomic mass is 35.5. The lowest BCUT2D eigenvalue weighted by Gasteiger charge is -2.40. The molecule has 8 nitrogen and oxygen atoms in total. The van der Waals surface area contributed by atoms with Gasteiger partial charge in [-0.25, -0.2) is 0 Å². The summed E-state index contributed by atoms with van der Waals surface area (Å²) in [5.41, 5.74) is 3.42. The van der Waals surface area contributed by atoms with Gasteiger partial charge in [0, 0.05) is 42.5 Å². The second-order valence-electron chi connectivity index (χ2n) is 9.81. The van der Waals surface area contributed by atoms with E-state index in [1.807, 2.05) is 66.9 Å². The molecule has 1 aromatic heterocycles. The van der Waals surface area contributed by atoms with Gasteiger partial charge in [0.2, 0.25) is 5.91 Å². The fourth-order valence-electron chi connectivity index (χ4n) is 4.72. The molecule has 1 saturated heterocycles. The van der Waals surface area contributed by atoms with Gasteiger partial charge >= 0.3 is 0 Å². The number of carbonyl (C=O) groups is 2. The number of halogens is 2. The molecule has 0 saturated carbocycles. The van der Waals surface area contributed by atoms with E-state index in [4.69, 9.17) is 27.9 Å². The van der Waals surface area contributed by atoms with Gasteiger partial charge < -0.3 is 14.5 Å². The highest BCUT2D eigenvalue weighted by Crippen LogP contribution is 2.30. The Morgan fingerprint density at radius 1 is 0.976 bits per heavy atom. The zero-order chi connectivity index (χ0) is 29.1. The summed E-state index contributed by atoms with van der Waals surface area (Å²) in [6.45, 7) is 5.28. The van der Waals surface area contributed by atoms with E-state index < -0.39 is 0 Å². The van der Waals surface area contributed by atoms with E-state index in [1.165, 1.54) is 11.8 Å². The summed E-state index contributed by atoms with van der Waals surface area (Å²) in [5.74, 6) is 1.47. The molecule has 11 heteroatoms. The smallest absolute Gasteiger partial charge is 0.254 e. The number of thioether (sulfide) groups is 1. The van der Waals surface area contributed by atoms with Gasteiger partial charge in [-0.2, -0.15) is 0 Å². The van der Waals surface area contributed by atoms with Crippen LogP contribution in [0.4, 0.5) is 0 Å². The fraction of sp³-hybridized carbons (Fsp3) is 0.267. The Balaban J connectivity index is 1.29. The third kappa shape index (κ3) is 6.37. The number of aryl methyl sites for hydroxylation is 1. The zero-order valence-electron chi connectivity index (χ0n) is 22.9. The van der Waals surface area contributed by atoms with Crippen molar-refractivity contribution in [3.05, 3.63) is 87.9 Å². The van der Waals surface area contributed by atoms with Crippen LogP contribution in [0.3, 0.4) is 0 Å². The number of benzene rings is 3. The molecule has 0 radical (unpaired) electrons. The SMILES string of the molecule is COc1ccc(-n2c(SCC(=O)N3CCN(C(=O)c4ccc(Cl)c(Cl)c4)C(C)C3)nnc2-c2ccc(C)cc2)cc1. The number of aromatic nitrogens is 3. The van der Waals surface area contributed by atoms with E-state index in [1.54, 1.807) is 35.1 Å². The average Bonchev–Trinajstić information content (AvgIpc) is 3.41. The summed E-state index contributed by atoms with van der Waals surface area (Å²) in [7, 11) is 1.63. The lowest BCUT2D eigenvalue weighted by atomic mass is 10.1. The van der Waals surface area contributed by atoms with Crippen molar-refractivity contribution in [3.8, 4) is 22.8 Å². The fourth-order valence-corrected chi connectivity index (χ4v) is 5.87. The van der Waals surface area contributed by atoms with Crippen LogP contribution in [0.5, 0.6) is 5.75 Å². The van der Waals surface area contributed by atoms with Gasteiger partial charge in [-0.15, -0.1) is 10.2 Å². The highest BCUT2D eigenvalue weighted by Gasteiger charge is 2.31. The minimum Gasteiger partial charge on any atom is -0.497 e. The summed E-state index contributed by atoms with van der Waals surface area (Å²) < 4.78 is 7.28. The largest absolute Gasteiger partial charge is 0.497 e. The maximum atomic E-state index is 13.3. The Morgan fingerprint density at radius 2 is 1.71 bits per heavy atom. The minimum absolute atomic E-state index is 0.0235. The Labute approximate surface area is 253 Å². The van der Waals surface area contributed by atoms with Crippen molar-refractivity contribution in [2.45, 2.75) is 25.0 Å². The number of piperazine rings is 1. The summed E-state index contributed by atoms with van der Waals surface area (Å²) in [5, 5.41) is 10.3. The second kappa shape index (κ2) is 12.5. The van der Waals surface area contributed by atoms with Gasteiger partial charge in [0.15, 0.2) is 11.0 Å². The molecule has 0 N–H and O–H groups in total. The maximum absolute atomic E-state index is 13.3. The summed E-state index contributed by atoms with van der Waals surface area (Å²) >= 11 is 13.5. The first-order chi connectivity index (χ1) is 19.7. The van der Waals surface area contributed by atoms with E-state index in [-0.39, 0.29) is 23.6 Å². The molecule has 41 heavy (non-hydrogen) atoms. The topological polar surface area (TPSA) is 80.6 Å². The molecule has 2 heterocycles. The van der Waals surface area contributed by atoms with E-state index in [9.17, 15) is 9.59 Å². The zero-order valence-corrected chi connectivity index (χ0v) is 25.2. The predicted octanol–water partition coefficient (Wildman–Crippen LogP) is 6.02. The van der Waals surface area contributed by atoms with Crippen molar-refractivity contribution < 1.29 is 14.3 Å². The van der Waals surface area contributed by atoms with Crippen LogP contribution < -0.4 is 4.74 Å². The number of ether oxygens (including phenoxy) is 1. The lowest BCUT2D eigenvalue weighted by molar-refractivity contribution is -0.130. The van der Waals surface area contributed by atoms with E-state index >= 15 is 0 Å². The second-order valence-corrected chi connectivity index (χ2v) is 11.6. The van der Waals surface area contributed by atoms with Crippen molar-refractivity contribution in [2.24, 2.45) is 0 Å². The standard InChI is InChI=1S/C30H29Cl2N5O3S/c1-19-4-6-21(7-5-19)28-33-34-30(37(28)23-9-11-24(40-3)12-10-23)41-18-27(38)35-14-15-36(20(2)17-35)29(39)22-8-13-25(31)26(32)16-22/h4-13,16,20H,14-15,17-18H2,1-3H3. The molecule has 0 aliphatic carbocycles. The number of nitrogens with zero attached hydrogens (tertiary/aromatic N) is 5. The molecule has 1 fully saturated rings. The molecule has 1 atom stereocenters. The molecule has 1 aliphatic heterocycles. The third-order valence-corrected chi connectivity index (χ3v) is 8.66. The first-order valence-corrected chi connectivity index (χ1v) is 14.8. The first-order valence-electron chi connectivity index (χ1n) is 13.1. The van der Waals surface area contributed by atoms with Crippen LogP contribution in [0, 0.1) is 6.92 Å². The number of carbonyl (C=O) groups excluding carboxylic acids is 2. The molecule has 0 bridgehead atoms. The predicted molar refractivity (Wildman–Crippen MR) is 162 cm³/mol. The summed E-state index contributed by atoms with van der Waals surface area (Å²) in [6, 6.07) is 20.5. The molecule has 1 aliphatic rings. The molecular formula is C30H29Cl2N5O3S. The number of hydrogen-bond acceptors (Lipinski definition) is 6. The van der Waals surface area contributed by atoms with Gasteiger partial charge in [-0.3, -0.25) is 14.2 Å². The van der Waals surface area contributed by atoms with Crippen LogP contribution in [0.2, 0.25) is 10.0 Å². The van der Waals surface area contributed by atoms with Gasteiger partial charge in [0.05, 0.1) is 22.9 Å². The van der Waals surface area contributed by atoms with Crippen LogP contribution in [-0.4, -0.2) is 74.9 Å². The third-order valence-electron chi connectivity index (χ3n) is 7.01. The Hall–Kier alpha value is -3.53. The molecule has 4 aromatic rings. The quantitative estimate of drug-likeness (QED) is 0.238. The van der Waals surface area contributed by atoms with E-state index in [2.05, 4.69) is 10.2 Å². The Kier molecular flexibility index (Phi) is 8.87. The van der Waals surface area contributed by atoms with Crippen molar-refractivity contribution >= 4 is 46.8 Å². The highest BCUT2D eigenvalue weighted by molar-refractivity contribution is 7.99. The van der Waals surface area contributed by atoms with Crippen LogP contribution >= 0.6 is 35.0 Å². The Bertz CT molecular complexity index is 1560. The van der Waals surface area contributed by atoms with Gasteiger partial charge in [-0.1, -0.05) is 64.8 Å². The minimum atomic E-state index is -0.157. The van der Waals surface area contributed by atoms with E-state index in [0.29, 0.717) is 46.2 Å². The van der Waals surface area contributed by atoms with Crippen LogP contribution in [-0.2, 0) is 4.79 Å².